The minimum absolute atomic E-state index is 0.0967. The standard InChI is InChI=1S/C17H16FN3O4/c1-17(24,14-7-4-8-25-14)10-19-16(23)15-13(22)9-21(20-15)12-6-3-2-5-11(12)18/h2-9,22,24H,10H2,1H3,(H,19,23). The van der Waals surface area contributed by atoms with E-state index >= 15 is 0 Å². The molecule has 1 aromatic carbocycles. The molecule has 0 aliphatic heterocycles. The number of furan rings is 1. The number of hydrogen-bond acceptors (Lipinski definition) is 5. The van der Waals surface area contributed by atoms with E-state index in [1.807, 2.05) is 0 Å². The molecule has 2 aromatic heterocycles. The monoisotopic (exact) mass is 345 g/mol. The van der Waals surface area contributed by atoms with E-state index < -0.39 is 23.1 Å². The zero-order chi connectivity index (χ0) is 18.0. The molecular formula is C17H16FN3O4. The smallest absolute Gasteiger partial charge is 0.275 e. The van der Waals surface area contributed by atoms with E-state index in [1.54, 1.807) is 18.2 Å². The Morgan fingerprint density at radius 3 is 2.80 bits per heavy atom. The number of amides is 1. The third-order valence-corrected chi connectivity index (χ3v) is 3.65. The molecule has 0 saturated heterocycles. The van der Waals surface area contributed by atoms with E-state index in [0.29, 0.717) is 0 Å². The molecule has 0 radical (unpaired) electrons. The number of carbonyl (C=O) groups excluding carboxylic acids is 1. The van der Waals surface area contributed by atoms with Gasteiger partial charge in [-0.2, -0.15) is 5.10 Å². The average Bonchev–Trinajstić information content (AvgIpc) is 3.23. The zero-order valence-electron chi connectivity index (χ0n) is 13.3. The van der Waals surface area contributed by atoms with Crippen molar-refractivity contribution in [1.29, 1.82) is 0 Å². The van der Waals surface area contributed by atoms with Gasteiger partial charge in [-0.15, -0.1) is 0 Å². The first-order valence-corrected chi connectivity index (χ1v) is 7.46. The Kier molecular flexibility index (Phi) is 4.28. The number of para-hydroxylation sites is 1. The van der Waals surface area contributed by atoms with Gasteiger partial charge in [0.2, 0.25) is 0 Å². The predicted molar refractivity (Wildman–Crippen MR) is 85.8 cm³/mol. The molecule has 2 heterocycles. The first-order chi connectivity index (χ1) is 11.9. The number of hydrogen-bond donors (Lipinski definition) is 3. The summed E-state index contributed by atoms with van der Waals surface area (Å²) in [5, 5.41) is 26.6. The van der Waals surface area contributed by atoms with E-state index in [0.717, 1.165) is 10.9 Å². The molecule has 130 valence electrons. The van der Waals surface area contributed by atoms with Crippen molar-refractivity contribution in [2.45, 2.75) is 12.5 Å². The molecule has 7 nitrogen and oxygen atoms in total. The Labute approximate surface area is 142 Å². The van der Waals surface area contributed by atoms with Crippen LogP contribution in [0.4, 0.5) is 4.39 Å². The van der Waals surface area contributed by atoms with Crippen LogP contribution in [0.3, 0.4) is 0 Å². The van der Waals surface area contributed by atoms with Crippen LogP contribution in [0.15, 0.2) is 53.3 Å². The topological polar surface area (TPSA) is 101 Å². The van der Waals surface area contributed by atoms with Gasteiger partial charge in [0.05, 0.1) is 19.0 Å². The van der Waals surface area contributed by atoms with Crippen LogP contribution < -0.4 is 5.32 Å². The summed E-state index contributed by atoms with van der Waals surface area (Å²) >= 11 is 0. The molecule has 0 fully saturated rings. The highest BCUT2D eigenvalue weighted by Gasteiger charge is 2.28. The average molecular weight is 345 g/mol. The van der Waals surface area contributed by atoms with Crippen LogP contribution in [-0.4, -0.2) is 32.4 Å². The summed E-state index contributed by atoms with van der Waals surface area (Å²) < 4.78 is 20.0. The number of carbonyl (C=O) groups is 1. The van der Waals surface area contributed by atoms with Crippen LogP contribution in [0.25, 0.3) is 5.69 Å². The Hall–Kier alpha value is -3.13. The van der Waals surface area contributed by atoms with Crippen LogP contribution in [0.5, 0.6) is 5.75 Å². The Morgan fingerprint density at radius 2 is 2.12 bits per heavy atom. The van der Waals surface area contributed by atoms with E-state index in [9.17, 15) is 19.4 Å². The lowest BCUT2D eigenvalue weighted by atomic mass is 10.0. The second kappa shape index (κ2) is 6.40. The molecule has 0 aliphatic rings. The predicted octanol–water partition coefficient (Wildman–Crippen LogP) is 1.95. The molecule has 3 aromatic rings. The van der Waals surface area contributed by atoms with Gasteiger partial charge >= 0.3 is 0 Å². The van der Waals surface area contributed by atoms with Gasteiger partial charge in [0.25, 0.3) is 5.91 Å². The van der Waals surface area contributed by atoms with Crippen LogP contribution in [0.1, 0.15) is 23.2 Å². The normalized spacial score (nSPS) is 13.4. The molecule has 0 aliphatic carbocycles. The highest BCUT2D eigenvalue weighted by atomic mass is 19.1. The Morgan fingerprint density at radius 1 is 1.36 bits per heavy atom. The fourth-order valence-electron chi connectivity index (χ4n) is 2.30. The van der Waals surface area contributed by atoms with Crippen LogP contribution >= 0.6 is 0 Å². The fraction of sp³-hybridized carbons (Fsp3) is 0.176. The summed E-state index contributed by atoms with van der Waals surface area (Å²) in [7, 11) is 0. The highest BCUT2D eigenvalue weighted by Crippen LogP contribution is 2.22. The van der Waals surface area contributed by atoms with Crippen molar-refractivity contribution in [3.63, 3.8) is 0 Å². The Balaban J connectivity index is 1.76. The number of nitrogens with one attached hydrogen (secondary N) is 1. The van der Waals surface area contributed by atoms with E-state index in [4.69, 9.17) is 4.42 Å². The largest absolute Gasteiger partial charge is 0.504 e. The molecule has 25 heavy (non-hydrogen) atoms. The van der Waals surface area contributed by atoms with Gasteiger partial charge in [-0.05, 0) is 31.2 Å². The number of rotatable bonds is 5. The maximum Gasteiger partial charge on any atom is 0.275 e. The van der Waals surface area contributed by atoms with E-state index in [2.05, 4.69) is 10.4 Å². The molecule has 1 amide bonds. The number of aromatic nitrogens is 2. The van der Waals surface area contributed by atoms with Crippen molar-refractivity contribution in [1.82, 2.24) is 15.1 Å². The van der Waals surface area contributed by atoms with Crippen LogP contribution in [-0.2, 0) is 5.60 Å². The number of halogens is 1. The third-order valence-electron chi connectivity index (χ3n) is 3.65. The van der Waals surface area contributed by atoms with E-state index in [1.165, 1.54) is 31.4 Å². The molecular weight excluding hydrogens is 329 g/mol. The fourth-order valence-corrected chi connectivity index (χ4v) is 2.30. The molecule has 1 unspecified atom stereocenters. The van der Waals surface area contributed by atoms with Crippen LogP contribution in [0.2, 0.25) is 0 Å². The minimum Gasteiger partial charge on any atom is -0.504 e. The molecule has 0 spiro atoms. The van der Waals surface area contributed by atoms with Crippen molar-refractivity contribution in [3.05, 3.63) is 66.1 Å². The maximum absolute atomic E-state index is 13.8. The number of benzene rings is 1. The second-order valence-electron chi connectivity index (χ2n) is 5.69. The summed E-state index contributed by atoms with van der Waals surface area (Å²) in [6, 6.07) is 9.04. The second-order valence-corrected chi connectivity index (χ2v) is 5.69. The van der Waals surface area contributed by atoms with Crippen molar-refractivity contribution >= 4 is 5.91 Å². The lowest BCUT2D eigenvalue weighted by molar-refractivity contribution is 0.0329. The van der Waals surface area contributed by atoms with Gasteiger partial charge in [-0.1, -0.05) is 12.1 Å². The number of aliphatic hydroxyl groups is 1. The van der Waals surface area contributed by atoms with E-state index in [-0.39, 0.29) is 23.7 Å². The molecule has 1 atom stereocenters. The molecule has 8 heteroatoms. The van der Waals surface area contributed by atoms with Crippen molar-refractivity contribution in [2.24, 2.45) is 0 Å². The van der Waals surface area contributed by atoms with Crippen molar-refractivity contribution in [2.75, 3.05) is 6.54 Å². The molecule has 0 saturated carbocycles. The maximum atomic E-state index is 13.8. The molecule has 0 bridgehead atoms. The SMILES string of the molecule is CC(O)(CNC(=O)c1nn(-c2ccccc2F)cc1O)c1ccco1. The number of nitrogens with zero attached hydrogens (tertiary/aromatic N) is 2. The Bertz CT molecular complexity index is 887. The lowest BCUT2D eigenvalue weighted by Crippen LogP contribution is -2.38. The first-order valence-electron chi connectivity index (χ1n) is 7.46. The van der Waals surface area contributed by atoms with Gasteiger partial charge in [0.1, 0.15) is 22.9 Å². The summed E-state index contributed by atoms with van der Waals surface area (Å²) in [6.07, 6.45) is 2.55. The zero-order valence-corrected chi connectivity index (χ0v) is 13.3. The summed E-state index contributed by atoms with van der Waals surface area (Å²) in [5.41, 5.74) is -1.61. The minimum atomic E-state index is -1.43. The van der Waals surface area contributed by atoms with Crippen molar-refractivity contribution < 1.29 is 23.8 Å². The van der Waals surface area contributed by atoms with Gasteiger partial charge in [-0.25, -0.2) is 9.07 Å². The highest BCUT2D eigenvalue weighted by molar-refractivity contribution is 5.94. The molecule has 3 N–H and O–H groups in total. The first kappa shape index (κ1) is 16.7. The van der Waals surface area contributed by atoms with Gasteiger partial charge in [0.15, 0.2) is 11.4 Å². The van der Waals surface area contributed by atoms with Crippen molar-refractivity contribution in [3.8, 4) is 11.4 Å². The van der Waals surface area contributed by atoms with Crippen LogP contribution in [0, 0.1) is 5.82 Å². The molecule has 3 rings (SSSR count). The quantitative estimate of drug-likeness (QED) is 0.656. The number of aromatic hydroxyl groups is 1. The lowest BCUT2D eigenvalue weighted by Gasteiger charge is -2.20. The third kappa shape index (κ3) is 3.38. The van der Waals surface area contributed by atoms with Gasteiger partial charge < -0.3 is 19.9 Å². The summed E-state index contributed by atoms with van der Waals surface area (Å²) in [4.78, 5) is 12.2. The van der Waals surface area contributed by atoms with Gasteiger partial charge in [0, 0.05) is 0 Å². The summed E-state index contributed by atoms with van der Waals surface area (Å²) in [6.45, 7) is 1.31. The van der Waals surface area contributed by atoms with Gasteiger partial charge in [-0.3, -0.25) is 4.79 Å². The summed E-state index contributed by atoms with van der Waals surface area (Å²) in [5.74, 6) is -1.37.